The summed E-state index contributed by atoms with van der Waals surface area (Å²) >= 11 is 0. The van der Waals surface area contributed by atoms with E-state index >= 15 is 0 Å². The third kappa shape index (κ3) is 7.29. The van der Waals surface area contributed by atoms with Gasteiger partial charge in [-0.1, -0.05) is 86.8 Å². The van der Waals surface area contributed by atoms with Crippen LogP contribution in [0.15, 0.2) is 60.7 Å². The van der Waals surface area contributed by atoms with Crippen LogP contribution in [0.4, 0.5) is 0 Å². The third-order valence-electron chi connectivity index (χ3n) is 5.72. The molecule has 0 saturated carbocycles. The van der Waals surface area contributed by atoms with E-state index in [0.717, 1.165) is 6.42 Å². The molecule has 4 nitrogen and oxygen atoms in total. The molecular formula is C26H34NO3P. The van der Waals surface area contributed by atoms with Crippen LogP contribution >= 0.6 is 7.60 Å². The van der Waals surface area contributed by atoms with Gasteiger partial charge in [-0.3, -0.25) is 4.57 Å². The standard InChI is InChI=1S/C26H34NO3P/c1-2-3-4-5-9-21-12-14-22(15-13-21)25-17-16-23(24-10-6-7-11-26(24)25)20-27-18-8-19-31(28,29)30/h6-7,10-17,27H,2-5,8-9,18-20H2,1H3,(H2,28,29,30). The fraction of sp³-hybridized carbons (Fsp3) is 0.385. The molecule has 0 aliphatic heterocycles. The predicted molar refractivity (Wildman–Crippen MR) is 130 cm³/mol. The first kappa shape index (κ1) is 23.7. The van der Waals surface area contributed by atoms with Gasteiger partial charge in [0.05, 0.1) is 6.16 Å². The number of rotatable bonds is 12. The highest BCUT2D eigenvalue weighted by Gasteiger charge is 2.12. The molecule has 0 aliphatic rings. The Labute approximate surface area is 185 Å². The molecule has 0 bridgehead atoms. The Bertz CT molecular complexity index is 1010. The summed E-state index contributed by atoms with van der Waals surface area (Å²) in [6, 6.07) is 21.8. The van der Waals surface area contributed by atoms with Gasteiger partial charge in [-0.15, -0.1) is 0 Å². The van der Waals surface area contributed by atoms with Crippen LogP contribution in [-0.4, -0.2) is 22.5 Å². The molecule has 3 aromatic carbocycles. The Morgan fingerprint density at radius 1 is 0.839 bits per heavy atom. The number of hydrogen-bond donors (Lipinski definition) is 3. The van der Waals surface area contributed by atoms with Crippen molar-refractivity contribution in [3.05, 3.63) is 71.8 Å². The Morgan fingerprint density at radius 2 is 1.58 bits per heavy atom. The van der Waals surface area contributed by atoms with Crippen molar-refractivity contribution in [3.63, 3.8) is 0 Å². The molecule has 0 aromatic heterocycles. The van der Waals surface area contributed by atoms with E-state index in [1.54, 1.807) is 0 Å². The maximum absolute atomic E-state index is 11.0. The molecule has 0 amide bonds. The van der Waals surface area contributed by atoms with Gasteiger partial charge < -0.3 is 15.1 Å². The smallest absolute Gasteiger partial charge is 0.324 e. The van der Waals surface area contributed by atoms with E-state index in [0.29, 0.717) is 19.5 Å². The van der Waals surface area contributed by atoms with Gasteiger partial charge >= 0.3 is 7.60 Å². The van der Waals surface area contributed by atoms with Gasteiger partial charge in [-0.25, -0.2) is 0 Å². The van der Waals surface area contributed by atoms with Crippen molar-refractivity contribution >= 4 is 18.4 Å². The minimum Gasteiger partial charge on any atom is -0.324 e. The molecule has 0 unspecified atom stereocenters. The van der Waals surface area contributed by atoms with Crippen molar-refractivity contribution in [2.75, 3.05) is 12.7 Å². The highest BCUT2D eigenvalue weighted by atomic mass is 31.2. The molecule has 3 rings (SSSR count). The second-order valence-electron chi connectivity index (χ2n) is 8.24. The van der Waals surface area contributed by atoms with E-state index in [1.807, 2.05) is 0 Å². The Hall–Kier alpha value is -1.97. The number of hydrogen-bond acceptors (Lipinski definition) is 2. The molecule has 5 heteroatoms. The monoisotopic (exact) mass is 439 g/mol. The van der Waals surface area contributed by atoms with Gasteiger partial charge in [-0.05, 0) is 58.8 Å². The number of aryl methyl sites for hydroxylation is 1. The molecule has 3 aromatic rings. The Morgan fingerprint density at radius 3 is 2.29 bits per heavy atom. The van der Waals surface area contributed by atoms with Crippen LogP contribution in [0.1, 0.15) is 50.2 Å². The highest BCUT2D eigenvalue weighted by Crippen LogP contribution is 2.34. The van der Waals surface area contributed by atoms with Crippen LogP contribution in [0.5, 0.6) is 0 Å². The second kappa shape index (κ2) is 11.6. The largest absolute Gasteiger partial charge is 0.325 e. The zero-order chi connectivity index (χ0) is 22.1. The lowest BCUT2D eigenvalue weighted by Gasteiger charge is -2.13. The van der Waals surface area contributed by atoms with Crippen molar-refractivity contribution in [2.45, 2.75) is 52.0 Å². The molecule has 31 heavy (non-hydrogen) atoms. The third-order valence-corrected chi connectivity index (χ3v) is 6.62. The summed E-state index contributed by atoms with van der Waals surface area (Å²) < 4.78 is 11.0. The summed E-state index contributed by atoms with van der Waals surface area (Å²) in [5, 5.41) is 5.76. The molecule has 0 fully saturated rings. The molecule has 0 aliphatic carbocycles. The summed E-state index contributed by atoms with van der Waals surface area (Å²) in [6.07, 6.45) is 6.68. The molecular weight excluding hydrogens is 405 g/mol. The number of nitrogens with one attached hydrogen (secondary N) is 1. The molecule has 166 valence electrons. The van der Waals surface area contributed by atoms with Crippen LogP contribution in [0.3, 0.4) is 0 Å². The molecule has 0 heterocycles. The van der Waals surface area contributed by atoms with E-state index in [4.69, 9.17) is 9.79 Å². The van der Waals surface area contributed by atoms with Gasteiger partial charge in [0.15, 0.2) is 0 Å². The molecule has 0 saturated heterocycles. The second-order valence-corrected chi connectivity index (χ2v) is 10.0. The number of benzene rings is 3. The first-order chi connectivity index (χ1) is 15.0. The van der Waals surface area contributed by atoms with Crippen molar-refractivity contribution in [1.29, 1.82) is 0 Å². The Balaban J connectivity index is 1.70. The summed E-state index contributed by atoms with van der Waals surface area (Å²) in [7, 11) is -3.91. The average molecular weight is 440 g/mol. The van der Waals surface area contributed by atoms with Gasteiger partial charge in [-0.2, -0.15) is 0 Å². The molecule has 3 N–H and O–H groups in total. The maximum atomic E-state index is 11.0. The predicted octanol–water partition coefficient (Wildman–Crippen LogP) is 6.29. The van der Waals surface area contributed by atoms with E-state index in [-0.39, 0.29) is 6.16 Å². The van der Waals surface area contributed by atoms with Crippen LogP contribution in [0.2, 0.25) is 0 Å². The van der Waals surface area contributed by atoms with E-state index in [1.165, 1.54) is 58.7 Å². The summed E-state index contributed by atoms with van der Waals surface area (Å²) in [5.74, 6) is 0. The zero-order valence-electron chi connectivity index (χ0n) is 18.4. The van der Waals surface area contributed by atoms with Crippen molar-refractivity contribution < 1.29 is 14.4 Å². The van der Waals surface area contributed by atoms with Crippen molar-refractivity contribution in [3.8, 4) is 11.1 Å². The molecule has 0 atom stereocenters. The maximum Gasteiger partial charge on any atom is 0.325 e. The molecule has 0 spiro atoms. The average Bonchev–Trinajstić information content (AvgIpc) is 2.76. The van der Waals surface area contributed by atoms with Crippen LogP contribution in [0.25, 0.3) is 21.9 Å². The number of unbranched alkanes of at least 4 members (excludes halogenated alkanes) is 3. The zero-order valence-corrected chi connectivity index (χ0v) is 19.3. The van der Waals surface area contributed by atoms with Gasteiger partial charge in [0, 0.05) is 6.54 Å². The topological polar surface area (TPSA) is 69.6 Å². The fourth-order valence-electron chi connectivity index (χ4n) is 4.01. The van der Waals surface area contributed by atoms with E-state index in [9.17, 15) is 4.57 Å². The number of fused-ring (bicyclic) bond motifs is 1. The summed E-state index contributed by atoms with van der Waals surface area (Å²) in [5.41, 5.74) is 5.07. The minimum atomic E-state index is -3.91. The Kier molecular flexibility index (Phi) is 8.86. The van der Waals surface area contributed by atoms with Crippen molar-refractivity contribution in [2.24, 2.45) is 0 Å². The lowest BCUT2D eigenvalue weighted by atomic mass is 9.94. The quantitative estimate of drug-likeness (QED) is 0.229. The fourth-order valence-corrected chi connectivity index (χ4v) is 4.58. The first-order valence-corrected chi connectivity index (χ1v) is 13.1. The van der Waals surface area contributed by atoms with E-state index in [2.05, 4.69) is 72.9 Å². The van der Waals surface area contributed by atoms with Gasteiger partial charge in [0.2, 0.25) is 0 Å². The minimum absolute atomic E-state index is 0.0751. The first-order valence-electron chi connectivity index (χ1n) is 11.3. The summed E-state index contributed by atoms with van der Waals surface area (Å²) in [4.78, 5) is 18.0. The van der Waals surface area contributed by atoms with Gasteiger partial charge in [0.25, 0.3) is 0 Å². The normalized spacial score (nSPS) is 11.8. The van der Waals surface area contributed by atoms with Crippen molar-refractivity contribution in [1.82, 2.24) is 5.32 Å². The van der Waals surface area contributed by atoms with Crippen LogP contribution in [0, 0.1) is 0 Å². The lowest BCUT2D eigenvalue weighted by molar-refractivity contribution is 0.371. The lowest BCUT2D eigenvalue weighted by Crippen LogP contribution is -2.16. The van der Waals surface area contributed by atoms with Gasteiger partial charge in [0.1, 0.15) is 0 Å². The van der Waals surface area contributed by atoms with E-state index < -0.39 is 7.60 Å². The summed E-state index contributed by atoms with van der Waals surface area (Å²) in [6.45, 7) is 3.51. The SMILES string of the molecule is CCCCCCc1ccc(-c2ccc(CNCCCP(=O)(O)O)c3ccccc23)cc1. The van der Waals surface area contributed by atoms with Crippen LogP contribution < -0.4 is 5.32 Å². The van der Waals surface area contributed by atoms with Crippen LogP contribution in [-0.2, 0) is 17.5 Å². The molecule has 0 radical (unpaired) electrons. The highest BCUT2D eigenvalue weighted by molar-refractivity contribution is 7.51.